The highest BCUT2D eigenvalue weighted by molar-refractivity contribution is 6.32. The van der Waals surface area contributed by atoms with Gasteiger partial charge in [0.2, 0.25) is 5.88 Å². The second-order valence-electron chi connectivity index (χ2n) is 5.75. The number of hydrogen-bond acceptors (Lipinski definition) is 6. The average Bonchev–Trinajstić information content (AvgIpc) is 2.59. The number of hydrogen-bond donors (Lipinski definition) is 2. The molecule has 0 aromatic carbocycles. The maximum atomic E-state index is 10.9. The van der Waals surface area contributed by atoms with Crippen molar-refractivity contribution in [2.45, 2.75) is 25.9 Å². The van der Waals surface area contributed by atoms with Gasteiger partial charge in [-0.2, -0.15) is 0 Å². The normalized spacial score (nSPS) is 15.0. The van der Waals surface area contributed by atoms with Crippen LogP contribution in [-0.4, -0.2) is 50.2 Å². The molecule has 9 heteroatoms. The van der Waals surface area contributed by atoms with E-state index < -0.39 is 6.09 Å². The molecule has 1 saturated heterocycles. The predicted octanol–water partition coefficient (Wildman–Crippen LogP) is 3.10. The first-order valence-corrected chi connectivity index (χ1v) is 8.25. The van der Waals surface area contributed by atoms with Crippen LogP contribution in [0.3, 0.4) is 0 Å². The maximum absolute atomic E-state index is 10.9. The van der Waals surface area contributed by atoms with Gasteiger partial charge in [0, 0.05) is 38.2 Å². The Kier molecular flexibility index (Phi) is 5.18. The Hall–Kier alpha value is -2.61. The Labute approximate surface area is 149 Å². The summed E-state index contributed by atoms with van der Waals surface area (Å²) in [4.78, 5) is 24.7. The van der Waals surface area contributed by atoms with Gasteiger partial charge in [-0.3, -0.25) is 0 Å². The number of rotatable bonds is 4. The van der Waals surface area contributed by atoms with E-state index in [9.17, 15) is 4.79 Å². The third kappa shape index (κ3) is 4.27. The highest BCUT2D eigenvalue weighted by Gasteiger charge is 2.23. The second-order valence-corrected chi connectivity index (χ2v) is 6.10. The molecule has 2 aromatic rings. The van der Waals surface area contributed by atoms with Crippen molar-refractivity contribution in [3.63, 3.8) is 0 Å². The van der Waals surface area contributed by atoms with Gasteiger partial charge in [-0.25, -0.2) is 19.7 Å². The highest BCUT2D eigenvalue weighted by atomic mass is 35.5. The topological polar surface area (TPSA) is 100 Å². The van der Waals surface area contributed by atoms with Gasteiger partial charge in [-0.05, 0) is 18.6 Å². The van der Waals surface area contributed by atoms with E-state index in [1.165, 1.54) is 11.2 Å². The minimum Gasteiger partial charge on any atom is -0.474 e. The largest absolute Gasteiger partial charge is 0.474 e. The number of carboxylic acid groups (broad SMARTS) is 1. The van der Waals surface area contributed by atoms with Crippen molar-refractivity contribution in [1.29, 1.82) is 0 Å². The highest BCUT2D eigenvalue weighted by Crippen LogP contribution is 2.27. The van der Waals surface area contributed by atoms with Gasteiger partial charge >= 0.3 is 6.09 Å². The number of aromatic nitrogens is 3. The molecule has 0 saturated carbocycles. The lowest BCUT2D eigenvalue weighted by atomic mass is 10.1. The number of ether oxygens (including phenoxy) is 1. The molecule has 3 rings (SSSR count). The molecule has 8 nitrogen and oxygen atoms in total. The molecule has 3 heterocycles. The van der Waals surface area contributed by atoms with Crippen molar-refractivity contribution in [2.24, 2.45) is 0 Å². The van der Waals surface area contributed by atoms with E-state index in [-0.39, 0.29) is 6.10 Å². The fraction of sp³-hybridized carbons (Fsp3) is 0.375. The van der Waals surface area contributed by atoms with E-state index in [0.29, 0.717) is 48.5 Å². The number of aryl methyl sites for hydroxylation is 1. The SMILES string of the molecule is Cc1ccnc(Cl)c1Nc1cc(OC2CCN(C(=O)O)CC2)ncn1. The Morgan fingerprint density at radius 2 is 2.12 bits per heavy atom. The van der Waals surface area contributed by atoms with Gasteiger partial charge in [-0.1, -0.05) is 11.6 Å². The van der Waals surface area contributed by atoms with E-state index in [1.54, 1.807) is 12.3 Å². The first-order valence-electron chi connectivity index (χ1n) is 7.87. The van der Waals surface area contributed by atoms with Gasteiger partial charge in [-0.15, -0.1) is 0 Å². The summed E-state index contributed by atoms with van der Waals surface area (Å²) in [7, 11) is 0. The Balaban J connectivity index is 1.65. The fourth-order valence-electron chi connectivity index (χ4n) is 2.61. The summed E-state index contributed by atoms with van der Waals surface area (Å²) < 4.78 is 5.86. The first-order chi connectivity index (χ1) is 12.0. The van der Waals surface area contributed by atoms with E-state index >= 15 is 0 Å². The molecule has 1 aliphatic rings. The number of anilines is 2. The summed E-state index contributed by atoms with van der Waals surface area (Å²) in [5.74, 6) is 0.981. The van der Waals surface area contributed by atoms with Crippen molar-refractivity contribution in [3.8, 4) is 5.88 Å². The summed E-state index contributed by atoms with van der Waals surface area (Å²) in [5, 5.41) is 12.5. The molecule has 0 aliphatic carbocycles. The Bertz CT molecular complexity index is 745. The van der Waals surface area contributed by atoms with Crippen molar-refractivity contribution >= 4 is 29.2 Å². The lowest BCUT2D eigenvalue weighted by Crippen LogP contribution is -2.41. The molecule has 1 aliphatic heterocycles. The average molecular weight is 364 g/mol. The number of nitrogens with zero attached hydrogens (tertiary/aromatic N) is 4. The molecule has 0 bridgehead atoms. The molecule has 0 spiro atoms. The number of carbonyl (C=O) groups is 1. The van der Waals surface area contributed by atoms with Crippen LogP contribution < -0.4 is 10.1 Å². The van der Waals surface area contributed by atoms with Gasteiger partial charge in [0.15, 0.2) is 5.15 Å². The minimum atomic E-state index is -0.893. The summed E-state index contributed by atoms with van der Waals surface area (Å²) in [6, 6.07) is 3.54. The number of piperidine rings is 1. The van der Waals surface area contributed by atoms with Crippen molar-refractivity contribution in [2.75, 3.05) is 18.4 Å². The Morgan fingerprint density at radius 1 is 1.36 bits per heavy atom. The molecule has 2 N–H and O–H groups in total. The van der Waals surface area contributed by atoms with Crippen LogP contribution in [0.5, 0.6) is 5.88 Å². The molecule has 132 valence electrons. The van der Waals surface area contributed by atoms with Gasteiger partial charge < -0.3 is 20.1 Å². The summed E-state index contributed by atoms with van der Waals surface area (Å²) in [6.45, 7) is 2.84. The van der Waals surface area contributed by atoms with E-state index in [1.807, 2.05) is 13.0 Å². The van der Waals surface area contributed by atoms with Crippen LogP contribution in [0.15, 0.2) is 24.7 Å². The quantitative estimate of drug-likeness (QED) is 0.805. The van der Waals surface area contributed by atoms with E-state index in [0.717, 1.165) is 5.56 Å². The smallest absolute Gasteiger partial charge is 0.407 e. The predicted molar refractivity (Wildman–Crippen MR) is 92.5 cm³/mol. The summed E-state index contributed by atoms with van der Waals surface area (Å²) in [5.41, 5.74) is 1.63. The van der Waals surface area contributed by atoms with E-state index in [4.69, 9.17) is 21.4 Å². The molecule has 2 aromatic heterocycles. The zero-order valence-corrected chi connectivity index (χ0v) is 14.4. The van der Waals surface area contributed by atoms with Crippen LogP contribution >= 0.6 is 11.6 Å². The summed E-state index contributed by atoms with van der Waals surface area (Å²) in [6.07, 6.45) is 3.35. The molecular weight excluding hydrogens is 346 g/mol. The van der Waals surface area contributed by atoms with Gasteiger partial charge in [0.25, 0.3) is 0 Å². The number of amides is 1. The van der Waals surface area contributed by atoms with Crippen LogP contribution in [0.1, 0.15) is 18.4 Å². The molecule has 0 radical (unpaired) electrons. The van der Waals surface area contributed by atoms with Crippen LogP contribution in [-0.2, 0) is 0 Å². The number of nitrogens with one attached hydrogen (secondary N) is 1. The molecule has 1 amide bonds. The third-order valence-corrected chi connectivity index (χ3v) is 4.29. The fourth-order valence-corrected chi connectivity index (χ4v) is 2.86. The second kappa shape index (κ2) is 7.52. The molecule has 25 heavy (non-hydrogen) atoms. The first kappa shape index (κ1) is 17.2. The van der Waals surface area contributed by atoms with Crippen molar-refractivity contribution < 1.29 is 14.6 Å². The van der Waals surface area contributed by atoms with E-state index in [2.05, 4.69) is 20.3 Å². The number of pyridine rings is 1. The Morgan fingerprint density at radius 3 is 2.80 bits per heavy atom. The van der Waals surface area contributed by atoms with Gasteiger partial charge in [0.1, 0.15) is 18.2 Å². The summed E-state index contributed by atoms with van der Waals surface area (Å²) >= 11 is 6.11. The lowest BCUT2D eigenvalue weighted by molar-refractivity contribution is 0.0870. The molecule has 1 fully saturated rings. The van der Waals surface area contributed by atoms with Crippen LogP contribution in [0, 0.1) is 6.92 Å². The molecule has 0 unspecified atom stereocenters. The zero-order valence-electron chi connectivity index (χ0n) is 13.6. The van der Waals surface area contributed by atoms with Crippen LogP contribution in [0.25, 0.3) is 0 Å². The number of halogens is 1. The zero-order chi connectivity index (χ0) is 17.8. The minimum absolute atomic E-state index is 0.0675. The van der Waals surface area contributed by atoms with Crippen LogP contribution in [0.2, 0.25) is 5.15 Å². The van der Waals surface area contributed by atoms with Gasteiger partial charge in [0.05, 0.1) is 5.69 Å². The van der Waals surface area contributed by atoms with Crippen molar-refractivity contribution in [3.05, 3.63) is 35.4 Å². The standard InChI is InChI=1S/C16H18ClN5O3/c1-10-2-5-18-15(17)14(10)21-12-8-13(20-9-19-12)25-11-3-6-22(7-4-11)16(23)24/h2,5,8-9,11H,3-4,6-7H2,1H3,(H,23,24)(H,19,20,21). The monoisotopic (exact) mass is 363 g/mol. The lowest BCUT2D eigenvalue weighted by Gasteiger charge is -2.29. The number of likely N-dealkylation sites (tertiary alicyclic amines) is 1. The van der Waals surface area contributed by atoms with Crippen molar-refractivity contribution in [1.82, 2.24) is 19.9 Å². The third-order valence-electron chi connectivity index (χ3n) is 4.01. The molecule has 0 atom stereocenters. The maximum Gasteiger partial charge on any atom is 0.407 e. The van der Waals surface area contributed by atoms with Crippen LogP contribution in [0.4, 0.5) is 16.3 Å². The molecular formula is C16H18ClN5O3.